The van der Waals surface area contributed by atoms with E-state index in [1.807, 2.05) is 68.4 Å². The molecule has 0 spiro atoms. The van der Waals surface area contributed by atoms with Crippen LogP contribution in [0.3, 0.4) is 0 Å². The fourth-order valence-corrected chi connectivity index (χ4v) is 2.96. The molecule has 2 aromatic rings. The van der Waals surface area contributed by atoms with Crippen LogP contribution in [0.25, 0.3) is 0 Å². The Kier molecular flexibility index (Phi) is 4.74. The molecule has 2 aromatic carbocycles. The van der Waals surface area contributed by atoms with E-state index < -0.39 is 6.04 Å². The molecule has 0 saturated carbocycles. The van der Waals surface area contributed by atoms with Crippen LogP contribution in [0, 0.1) is 6.92 Å². The van der Waals surface area contributed by atoms with Gasteiger partial charge >= 0.3 is 0 Å². The van der Waals surface area contributed by atoms with Crippen molar-refractivity contribution in [3.8, 4) is 0 Å². The van der Waals surface area contributed by atoms with Crippen LogP contribution in [0.5, 0.6) is 0 Å². The maximum atomic E-state index is 12.6. The van der Waals surface area contributed by atoms with Gasteiger partial charge in [0.2, 0.25) is 5.91 Å². The molecule has 0 radical (unpaired) electrons. The van der Waals surface area contributed by atoms with Crippen molar-refractivity contribution in [3.05, 3.63) is 59.7 Å². The van der Waals surface area contributed by atoms with Gasteiger partial charge in [-0.1, -0.05) is 23.8 Å². The molecular weight excluding hydrogens is 314 g/mol. The number of anilines is 2. The summed E-state index contributed by atoms with van der Waals surface area (Å²) >= 11 is 0. The zero-order chi connectivity index (χ0) is 18.0. The molecule has 0 aromatic heterocycles. The topological polar surface area (TPSA) is 52.7 Å². The number of carbonyl (C=O) groups excluding carboxylic acids is 2. The quantitative estimate of drug-likeness (QED) is 0.933. The summed E-state index contributed by atoms with van der Waals surface area (Å²) in [5, 5.41) is 2.87. The standard InChI is InChI=1S/C20H23N3O2/c1-14-7-9-16(10-8-14)23-12-11-18(20(23)25)21-19(24)15-5-4-6-17(13-15)22(2)3/h4-10,13,18H,11-12H2,1-3H3,(H,21,24). The second kappa shape index (κ2) is 6.97. The average Bonchev–Trinajstić information content (AvgIpc) is 2.96. The van der Waals surface area contributed by atoms with Gasteiger partial charge < -0.3 is 15.1 Å². The van der Waals surface area contributed by atoms with Crippen molar-refractivity contribution in [2.45, 2.75) is 19.4 Å². The molecular formula is C20H23N3O2. The van der Waals surface area contributed by atoms with Crippen LogP contribution in [0.1, 0.15) is 22.3 Å². The van der Waals surface area contributed by atoms with E-state index in [-0.39, 0.29) is 11.8 Å². The van der Waals surface area contributed by atoms with E-state index in [9.17, 15) is 9.59 Å². The van der Waals surface area contributed by atoms with E-state index in [0.717, 1.165) is 16.9 Å². The molecule has 0 bridgehead atoms. The van der Waals surface area contributed by atoms with Gasteiger partial charge in [0.25, 0.3) is 5.91 Å². The van der Waals surface area contributed by atoms with Crippen molar-refractivity contribution in [3.63, 3.8) is 0 Å². The highest BCUT2D eigenvalue weighted by molar-refractivity contribution is 6.04. The predicted octanol–water partition coefficient (Wildman–Crippen LogP) is 2.60. The summed E-state index contributed by atoms with van der Waals surface area (Å²) in [6, 6.07) is 14.8. The lowest BCUT2D eigenvalue weighted by atomic mass is 10.1. The smallest absolute Gasteiger partial charge is 0.252 e. The molecule has 1 aliphatic heterocycles. The molecule has 1 saturated heterocycles. The van der Waals surface area contributed by atoms with E-state index >= 15 is 0 Å². The zero-order valence-electron chi connectivity index (χ0n) is 14.8. The van der Waals surface area contributed by atoms with Crippen LogP contribution < -0.4 is 15.1 Å². The third-order valence-corrected chi connectivity index (χ3v) is 4.48. The van der Waals surface area contributed by atoms with Gasteiger partial charge in [0, 0.05) is 37.6 Å². The van der Waals surface area contributed by atoms with Gasteiger partial charge in [-0.25, -0.2) is 0 Å². The number of nitrogens with zero attached hydrogens (tertiary/aromatic N) is 2. The number of amides is 2. The van der Waals surface area contributed by atoms with E-state index in [0.29, 0.717) is 18.5 Å². The van der Waals surface area contributed by atoms with E-state index in [2.05, 4.69) is 5.32 Å². The van der Waals surface area contributed by atoms with Gasteiger partial charge in [-0.15, -0.1) is 0 Å². The number of nitrogens with one attached hydrogen (secondary N) is 1. The summed E-state index contributed by atoms with van der Waals surface area (Å²) < 4.78 is 0. The monoisotopic (exact) mass is 337 g/mol. The van der Waals surface area contributed by atoms with Crippen molar-refractivity contribution < 1.29 is 9.59 Å². The predicted molar refractivity (Wildman–Crippen MR) is 100 cm³/mol. The molecule has 1 fully saturated rings. The highest BCUT2D eigenvalue weighted by Gasteiger charge is 2.33. The Bertz CT molecular complexity index is 784. The normalized spacial score (nSPS) is 16.8. The molecule has 1 N–H and O–H groups in total. The third kappa shape index (κ3) is 3.65. The molecule has 5 nitrogen and oxygen atoms in total. The number of rotatable bonds is 4. The summed E-state index contributed by atoms with van der Waals surface area (Å²) in [7, 11) is 3.86. The largest absolute Gasteiger partial charge is 0.378 e. The molecule has 1 aliphatic rings. The number of carbonyl (C=O) groups is 2. The third-order valence-electron chi connectivity index (χ3n) is 4.48. The van der Waals surface area contributed by atoms with Gasteiger partial charge in [0.15, 0.2) is 0 Å². The highest BCUT2D eigenvalue weighted by atomic mass is 16.2. The molecule has 1 atom stereocenters. The first kappa shape index (κ1) is 17.0. The average molecular weight is 337 g/mol. The minimum atomic E-state index is -0.475. The van der Waals surface area contributed by atoms with E-state index in [4.69, 9.17) is 0 Å². The maximum absolute atomic E-state index is 12.6. The van der Waals surface area contributed by atoms with Crippen LogP contribution in [-0.4, -0.2) is 38.5 Å². The maximum Gasteiger partial charge on any atom is 0.252 e. The Balaban J connectivity index is 1.69. The first-order chi connectivity index (χ1) is 12.0. The van der Waals surface area contributed by atoms with Crippen molar-refractivity contribution in [1.82, 2.24) is 5.32 Å². The lowest BCUT2D eigenvalue weighted by Gasteiger charge is -2.18. The molecule has 130 valence electrons. The van der Waals surface area contributed by atoms with Crippen LogP contribution in [0.15, 0.2) is 48.5 Å². The molecule has 2 amide bonds. The Hall–Kier alpha value is -2.82. The Morgan fingerprint density at radius 1 is 1.16 bits per heavy atom. The molecule has 1 heterocycles. The van der Waals surface area contributed by atoms with Crippen molar-refractivity contribution in [2.75, 3.05) is 30.4 Å². The van der Waals surface area contributed by atoms with Crippen LogP contribution in [-0.2, 0) is 4.79 Å². The Morgan fingerprint density at radius 2 is 1.88 bits per heavy atom. The summed E-state index contributed by atoms with van der Waals surface area (Å²) in [4.78, 5) is 28.8. The van der Waals surface area contributed by atoms with Crippen molar-refractivity contribution in [1.29, 1.82) is 0 Å². The van der Waals surface area contributed by atoms with Gasteiger partial charge in [-0.3, -0.25) is 9.59 Å². The minimum Gasteiger partial charge on any atom is -0.378 e. The summed E-state index contributed by atoms with van der Waals surface area (Å²) in [5.74, 6) is -0.270. The van der Waals surface area contributed by atoms with Gasteiger partial charge in [0.1, 0.15) is 6.04 Å². The fraction of sp³-hybridized carbons (Fsp3) is 0.300. The first-order valence-corrected chi connectivity index (χ1v) is 8.42. The molecule has 5 heteroatoms. The second-order valence-corrected chi connectivity index (χ2v) is 6.58. The molecule has 0 aliphatic carbocycles. The number of hydrogen-bond donors (Lipinski definition) is 1. The summed E-state index contributed by atoms with van der Waals surface area (Å²) in [6.07, 6.45) is 0.617. The summed E-state index contributed by atoms with van der Waals surface area (Å²) in [6.45, 7) is 2.63. The number of benzene rings is 2. The number of aryl methyl sites for hydroxylation is 1. The molecule has 1 unspecified atom stereocenters. The second-order valence-electron chi connectivity index (χ2n) is 6.58. The minimum absolute atomic E-state index is 0.0547. The van der Waals surface area contributed by atoms with Crippen molar-refractivity contribution in [2.24, 2.45) is 0 Å². The Morgan fingerprint density at radius 3 is 2.56 bits per heavy atom. The van der Waals surface area contributed by atoms with Crippen LogP contribution >= 0.6 is 0 Å². The summed E-state index contributed by atoms with van der Waals surface area (Å²) in [5.41, 5.74) is 3.54. The SMILES string of the molecule is Cc1ccc(N2CCC(NC(=O)c3cccc(N(C)C)c3)C2=O)cc1. The van der Waals surface area contributed by atoms with Crippen LogP contribution in [0.4, 0.5) is 11.4 Å². The van der Waals surface area contributed by atoms with E-state index in [1.165, 1.54) is 0 Å². The van der Waals surface area contributed by atoms with Crippen molar-refractivity contribution >= 4 is 23.2 Å². The van der Waals surface area contributed by atoms with Gasteiger partial charge in [0.05, 0.1) is 0 Å². The van der Waals surface area contributed by atoms with Gasteiger partial charge in [-0.05, 0) is 43.7 Å². The first-order valence-electron chi connectivity index (χ1n) is 8.42. The lowest BCUT2D eigenvalue weighted by molar-refractivity contribution is -0.118. The van der Waals surface area contributed by atoms with E-state index in [1.54, 1.807) is 11.0 Å². The Labute approximate surface area is 148 Å². The highest BCUT2D eigenvalue weighted by Crippen LogP contribution is 2.22. The van der Waals surface area contributed by atoms with Crippen LogP contribution in [0.2, 0.25) is 0 Å². The fourth-order valence-electron chi connectivity index (χ4n) is 2.96. The number of hydrogen-bond acceptors (Lipinski definition) is 3. The molecule has 25 heavy (non-hydrogen) atoms. The van der Waals surface area contributed by atoms with Gasteiger partial charge in [-0.2, -0.15) is 0 Å². The zero-order valence-corrected chi connectivity index (χ0v) is 14.8. The molecule has 3 rings (SSSR count). The lowest BCUT2D eigenvalue weighted by Crippen LogP contribution is -2.41.